The molecule has 0 saturated heterocycles. The van der Waals surface area contributed by atoms with E-state index in [-0.39, 0.29) is 21.1 Å². The molecule has 0 aliphatic carbocycles. The normalized spacial score (nSPS) is 12.9. The zero-order valence-corrected chi connectivity index (χ0v) is 22.4. The van der Waals surface area contributed by atoms with Crippen LogP contribution in [0, 0.1) is 0 Å². The molecule has 0 heterocycles. The first-order valence-electron chi connectivity index (χ1n) is 8.00. The fraction of sp³-hybridized carbons (Fsp3) is 1.00. The maximum atomic E-state index is 2.30. The first-order valence-corrected chi connectivity index (χ1v) is 15.7. The standard InChI is InChI=1S/2C8H19P.2CH3.Sn/c2*1-7(2,3)9-8(4,5)6;;;/h2*9H,1-6H3;2*1H3;. The van der Waals surface area contributed by atoms with Crippen molar-refractivity contribution in [1.29, 1.82) is 0 Å². The van der Waals surface area contributed by atoms with E-state index in [4.69, 9.17) is 0 Å². The Labute approximate surface area is 151 Å². The molecule has 130 valence electrons. The average Bonchev–Trinajstić information content (AvgIpc) is 1.88. The van der Waals surface area contributed by atoms with Gasteiger partial charge in [0.15, 0.2) is 0 Å². The van der Waals surface area contributed by atoms with Crippen LogP contribution in [0.3, 0.4) is 0 Å². The molecule has 0 saturated carbocycles. The van der Waals surface area contributed by atoms with Gasteiger partial charge in [-0.05, 0) is 20.6 Å². The first-order chi connectivity index (χ1) is 8.83. The summed E-state index contributed by atoms with van der Waals surface area (Å²) in [5.41, 5.74) is 0. The van der Waals surface area contributed by atoms with Gasteiger partial charge in [-0.3, -0.25) is 0 Å². The molecular weight excluding hydrogens is 397 g/mol. The SMILES string of the molecule is CC(C)(C)PC(C)(C)C.CC(C)(C)PC(C)(C)C.[CH3][Sn][CH3]. The van der Waals surface area contributed by atoms with E-state index in [0.717, 1.165) is 17.2 Å². The molecule has 0 aromatic carbocycles. The molecule has 0 nitrogen and oxygen atoms in total. The third kappa shape index (κ3) is 44.9. The van der Waals surface area contributed by atoms with Crippen molar-refractivity contribution in [3.63, 3.8) is 0 Å². The van der Waals surface area contributed by atoms with Gasteiger partial charge < -0.3 is 0 Å². The van der Waals surface area contributed by atoms with Crippen LogP contribution >= 0.6 is 17.2 Å². The Morgan fingerprint density at radius 2 is 0.524 bits per heavy atom. The Kier molecular flexibility index (Phi) is 14.7. The fourth-order valence-electron chi connectivity index (χ4n) is 2.25. The van der Waals surface area contributed by atoms with Crippen LogP contribution < -0.4 is 0 Å². The van der Waals surface area contributed by atoms with Gasteiger partial charge in [-0.1, -0.05) is 83.1 Å². The van der Waals surface area contributed by atoms with Crippen LogP contribution in [0.2, 0.25) is 9.88 Å². The minimum absolute atomic E-state index is 0.230. The van der Waals surface area contributed by atoms with Crippen molar-refractivity contribution >= 4 is 38.3 Å². The molecule has 0 unspecified atom stereocenters. The summed E-state index contributed by atoms with van der Waals surface area (Å²) >= 11 is 0.230. The van der Waals surface area contributed by atoms with Crippen molar-refractivity contribution in [2.75, 3.05) is 0 Å². The zero-order chi connectivity index (χ0) is 18.1. The van der Waals surface area contributed by atoms with Crippen LogP contribution in [0.1, 0.15) is 83.1 Å². The monoisotopic (exact) mass is 442 g/mol. The van der Waals surface area contributed by atoms with E-state index >= 15 is 0 Å². The Bertz CT molecular complexity index is 184. The van der Waals surface area contributed by atoms with Crippen molar-refractivity contribution in [3.05, 3.63) is 0 Å². The van der Waals surface area contributed by atoms with Crippen LogP contribution in [0.25, 0.3) is 0 Å². The topological polar surface area (TPSA) is 0 Å². The van der Waals surface area contributed by atoms with E-state index in [0.29, 0.717) is 20.6 Å². The molecule has 3 heteroatoms. The molecule has 0 aliphatic heterocycles. The van der Waals surface area contributed by atoms with Crippen LogP contribution in [-0.4, -0.2) is 41.8 Å². The molecule has 0 fully saturated rings. The van der Waals surface area contributed by atoms with E-state index < -0.39 is 0 Å². The molecule has 21 heavy (non-hydrogen) atoms. The molecule has 2 radical (unpaired) electrons. The predicted molar refractivity (Wildman–Crippen MR) is 113 cm³/mol. The fourth-order valence-corrected chi connectivity index (χ4v) is 6.75. The van der Waals surface area contributed by atoms with Crippen LogP contribution in [0.15, 0.2) is 0 Å². The van der Waals surface area contributed by atoms with Gasteiger partial charge in [-0.25, -0.2) is 0 Å². The van der Waals surface area contributed by atoms with Gasteiger partial charge in [0.2, 0.25) is 0 Å². The summed E-state index contributed by atoms with van der Waals surface area (Å²) in [6.07, 6.45) is 0. The first kappa shape index (κ1) is 27.5. The van der Waals surface area contributed by atoms with Crippen molar-refractivity contribution < 1.29 is 0 Å². The van der Waals surface area contributed by atoms with Gasteiger partial charge in [0.25, 0.3) is 0 Å². The molecule has 0 aromatic rings. The zero-order valence-electron chi connectivity index (χ0n) is 17.5. The molecule has 0 bridgehead atoms. The van der Waals surface area contributed by atoms with Gasteiger partial charge in [-0.2, -0.15) is 0 Å². The second-order valence-corrected chi connectivity index (χ2v) is 19.1. The molecule has 0 spiro atoms. The van der Waals surface area contributed by atoms with Crippen LogP contribution in [0.4, 0.5) is 0 Å². The van der Waals surface area contributed by atoms with E-state index in [1.54, 1.807) is 0 Å². The molecule has 0 atom stereocenters. The number of hydrogen-bond donors (Lipinski definition) is 0. The Morgan fingerprint density at radius 3 is 0.524 bits per heavy atom. The van der Waals surface area contributed by atoms with E-state index in [2.05, 4.69) is 93.0 Å². The second-order valence-electron chi connectivity index (χ2n) is 9.75. The number of rotatable bonds is 0. The molecule has 0 rings (SSSR count). The average molecular weight is 441 g/mol. The quantitative estimate of drug-likeness (QED) is 0.273. The summed E-state index contributed by atoms with van der Waals surface area (Å²) in [4.78, 5) is 4.59. The Balaban J connectivity index is -0.000000260. The Morgan fingerprint density at radius 1 is 0.429 bits per heavy atom. The maximum absolute atomic E-state index is 2.30. The van der Waals surface area contributed by atoms with Gasteiger partial charge in [-0.15, -0.1) is 17.2 Å². The van der Waals surface area contributed by atoms with Crippen molar-refractivity contribution in [2.24, 2.45) is 0 Å². The molecule has 0 aromatic heterocycles. The Hall–Kier alpha value is 1.66. The van der Waals surface area contributed by atoms with E-state index in [9.17, 15) is 0 Å². The van der Waals surface area contributed by atoms with Crippen LogP contribution in [-0.2, 0) is 0 Å². The molecule has 0 amide bonds. The van der Waals surface area contributed by atoms with Crippen molar-refractivity contribution in [2.45, 2.75) is 114 Å². The summed E-state index contributed by atoms with van der Waals surface area (Å²) in [6, 6.07) is 0. The van der Waals surface area contributed by atoms with Gasteiger partial charge in [0.1, 0.15) is 0 Å². The molecule has 0 aliphatic rings. The minimum atomic E-state index is 0.230. The summed E-state index contributed by atoms with van der Waals surface area (Å²) < 4.78 is 0. The summed E-state index contributed by atoms with van der Waals surface area (Å²) in [5, 5.41) is 2.05. The van der Waals surface area contributed by atoms with Crippen molar-refractivity contribution in [3.8, 4) is 0 Å². The summed E-state index contributed by atoms with van der Waals surface area (Å²) in [7, 11) is 2.10. The van der Waals surface area contributed by atoms with Crippen LogP contribution in [0.5, 0.6) is 0 Å². The molecular formula is C18H44P2Sn. The molecule has 0 N–H and O–H groups in total. The van der Waals surface area contributed by atoms with Gasteiger partial charge in [0, 0.05) is 0 Å². The van der Waals surface area contributed by atoms with Crippen molar-refractivity contribution in [1.82, 2.24) is 0 Å². The van der Waals surface area contributed by atoms with Gasteiger partial charge >= 0.3 is 31.0 Å². The predicted octanol–water partition coefficient (Wildman–Crippen LogP) is 7.31. The third-order valence-corrected chi connectivity index (χ3v) is 4.50. The number of hydrogen-bond acceptors (Lipinski definition) is 0. The van der Waals surface area contributed by atoms with Gasteiger partial charge in [0.05, 0.1) is 0 Å². The second kappa shape index (κ2) is 11.3. The third-order valence-electron chi connectivity index (χ3n) is 1.50. The summed E-state index contributed by atoms with van der Waals surface area (Å²) in [6.45, 7) is 27.6. The van der Waals surface area contributed by atoms with E-state index in [1.165, 1.54) is 0 Å². The van der Waals surface area contributed by atoms with E-state index in [1.807, 2.05) is 0 Å². The summed E-state index contributed by atoms with van der Waals surface area (Å²) in [5.74, 6) is 0.